The zero-order valence-electron chi connectivity index (χ0n) is 15.6. The first kappa shape index (κ1) is 20.9. The maximum Gasteiger partial charge on any atom is 0.416 e. The van der Waals surface area contributed by atoms with Crippen molar-refractivity contribution in [3.05, 3.63) is 83.7 Å². The van der Waals surface area contributed by atoms with Gasteiger partial charge in [-0.2, -0.15) is 18.4 Å². The number of hydrogen-bond acceptors (Lipinski definition) is 4. The largest absolute Gasteiger partial charge is 0.457 e. The van der Waals surface area contributed by atoms with E-state index in [1.54, 1.807) is 30.3 Å². The number of carbonyl (C=O) groups excluding carboxylic acids is 1. The summed E-state index contributed by atoms with van der Waals surface area (Å²) in [5.41, 5.74) is 0.407. The topological polar surface area (TPSA) is 75.0 Å². The second-order valence-corrected chi connectivity index (χ2v) is 6.36. The quantitative estimate of drug-likeness (QED) is 0.594. The summed E-state index contributed by atoms with van der Waals surface area (Å²) >= 11 is 0. The smallest absolute Gasteiger partial charge is 0.416 e. The normalized spacial score (nSPS) is 10.9. The van der Waals surface area contributed by atoms with Gasteiger partial charge >= 0.3 is 6.18 Å². The second-order valence-electron chi connectivity index (χ2n) is 6.36. The highest BCUT2D eigenvalue weighted by atomic mass is 19.4. The number of halogens is 3. The lowest BCUT2D eigenvalue weighted by Gasteiger charge is -2.10. The Balaban J connectivity index is 1.53. The van der Waals surface area contributed by atoms with Gasteiger partial charge in [-0.25, -0.2) is 4.98 Å². The number of aromatic nitrogens is 1. The van der Waals surface area contributed by atoms with Crippen molar-refractivity contribution in [1.29, 1.82) is 5.26 Å². The Bertz CT molecular complexity index is 1070. The van der Waals surface area contributed by atoms with Crippen LogP contribution in [-0.2, 0) is 17.4 Å². The minimum atomic E-state index is -4.46. The number of anilines is 1. The molecule has 2 aromatic carbocycles. The predicted octanol–water partition coefficient (Wildman–Crippen LogP) is 5.34. The number of hydrogen-bond donors (Lipinski definition) is 1. The average Bonchev–Trinajstić information content (AvgIpc) is 2.73. The van der Waals surface area contributed by atoms with E-state index in [1.807, 2.05) is 6.07 Å². The number of benzene rings is 2. The van der Waals surface area contributed by atoms with Gasteiger partial charge in [-0.15, -0.1) is 0 Å². The molecule has 0 aliphatic carbocycles. The molecule has 0 aliphatic heterocycles. The molecule has 0 fully saturated rings. The SMILES string of the molecule is N#Cc1cc(Oc2ccc(CCC(=O)Nc3cccc(C(F)(F)F)c3)cc2)ccn1. The zero-order chi connectivity index (χ0) is 21.6. The van der Waals surface area contributed by atoms with Crippen LogP contribution in [-0.4, -0.2) is 10.9 Å². The third kappa shape index (κ3) is 5.82. The first-order chi connectivity index (χ1) is 14.3. The van der Waals surface area contributed by atoms with Crippen molar-refractivity contribution in [2.45, 2.75) is 19.0 Å². The number of nitrogens with zero attached hydrogens (tertiary/aromatic N) is 2. The van der Waals surface area contributed by atoms with E-state index in [9.17, 15) is 18.0 Å². The maximum atomic E-state index is 12.7. The molecule has 152 valence electrons. The van der Waals surface area contributed by atoms with Crippen molar-refractivity contribution >= 4 is 11.6 Å². The Morgan fingerprint density at radius 1 is 1.07 bits per heavy atom. The molecule has 8 heteroatoms. The summed E-state index contributed by atoms with van der Waals surface area (Å²) in [4.78, 5) is 15.9. The molecule has 1 amide bonds. The summed E-state index contributed by atoms with van der Waals surface area (Å²) in [5, 5.41) is 11.3. The molecule has 0 saturated heterocycles. The summed E-state index contributed by atoms with van der Waals surface area (Å²) < 4.78 is 43.9. The molecule has 0 aliphatic rings. The highest BCUT2D eigenvalue weighted by Gasteiger charge is 2.30. The summed E-state index contributed by atoms with van der Waals surface area (Å²) in [7, 11) is 0. The van der Waals surface area contributed by atoms with Crippen LogP contribution in [0, 0.1) is 11.3 Å². The van der Waals surface area contributed by atoms with Crippen LogP contribution in [0.2, 0.25) is 0 Å². The number of aryl methyl sites for hydroxylation is 1. The number of pyridine rings is 1. The number of nitrogens with one attached hydrogen (secondary N) is 1. The van der Waals surface area contributed by atoms with E-state index in [0.29, 0.717) is 17.9 Å². The van der Waals surface area contributed by atoms with E-state index in [4.69, 9.17) is 10.00 Å². The zero-order valence-corrected chi connectivity index (χ0v) is 15.6. The van der Waals surface area contributed by atoms with Gasteiger partial charge in [-0.1, -0.05) is 18.2 Å². The molecule has 0 saturated carbocycles. The number of alkyl halides is 3. The third-order valence-corrected chi connectivity index (χ3v) is 4.12. The van der Waals surface area contributed by atoms with Gasteiger partial charge in [0, 0.05) is 24.4 Å². The van der Waals surface area contributed by atoms with E-state index in [2.05, 4.69) is 10.3 Å². The Kier molecular flexibility index (Phi) is 6.32. The van der Waals surface area contributed by atoms with Crippen LogP contribution >= 0.6 is 0 Å². The first-order valence-electron chi connectivity index (χ1n) is 8.93. The lowest BCUT2D eigenvalue weighted by Crippen LogP contribution is -2.13. The summed E-state index contributed by atoms with van der Waals surface area (Å²) in [6, 6.07) is 16.6. The molecule has 1 N–H and O–H groups in total. The van der Waals surface area contributed by atoms with Gasteiger partial charge in [0.25, 0.3) is 0 Å². The van der Waals surface area contributed by atoms with E-state index in [-0.39, 0.29) is 23.7 Å². The molecular weight excluding hydrogens is 395 g/mol. The maximum absolute atomic E-state index is 12.7. The Labute approximate surface area is 170 Å². The van der Waals surface area contributed by atoms with E-state index in [1.165, 1.54) is 24.4 Å². The van der Waals surface area contributed by atoms with Gasteiger partial charge in [0.2, 0.25) is 5.91 Å². The van der Waals surface area contributed by atoms with E-state index >= 15 is 0 Å². The van der Waals surface area contributed by atoms with Crippen LogP contribution in [0.25, 0.3) is 0 Å². The summed E-state index contributed by atoms with van der Waals surface area (Å²) in [5.74, 6) is 0.660. The minimum absolute atomic E-state index is 0.104. The van der Waals surface area contributed by atoms with Crippen LogP contribution in [0.3, 0.4) is 0 Å². The average molecular weight is 411 g/mol. The molecule has 1 heterocycles. The molecule has 0 unspecified atom stereocenters. The molecule has 5 nitrogen and oxygen atoms in total. The molecule has 0 radical (unpaired) electrons. The van der Waals surface area contributed by atoms with Crippen molar-refractivity contribution < 1.29 is 22.7 Å². The first-order valence-corrected chi connectivity index (χ1v) is 8.93. The summed E-state index contributed by atoms with van der Waals surface area (Å²) in [6.45, 7) is 0. The number of amides is 1. The van der Waals surface area contributed by atoms with Crippen molar-refractivity contribution in [1.82, 2.24) is 4.98 Å². The molecule has 0 atom stereocenters. The highest BCUT2D eigenvalue weighted by Crippen LogP contribution is 2.30. The molecule has 0 bridgehead atoms. The number of ether oxygens (including phenoxy) is 1. The van der Waals surface area contributed by atoms with Gasteiger partial charge in [0.15, 0.2) is 0 Å². The fraction of sp³-hybridized carbons (Fsp3) is 0.136. The molecule has 3 aromatic rings. The van der Waals surface area contributed by atoms with Crippen LogP contribution in [0.1, 0.15) is 23.2 Å². The number of carbonyl (C=O) groups is 1. The Hall–Kier alpha value is -3.86. The number of rotatable bonds is 6. The van der Waals surface area contributed by atoms with Gasteiger partial charge in [-0.05, 0) is 48.4 Å². The van der Waals surface area contributed by atoms with E-state index in [0.717, 1.165) is 17.7 Å². The standard InChI is InChI=1S/C22H16F3N3O2/c23-22(24,25)16-2-1-3-17(12-16)28-21(29)9-6-15-4-7-19(8-5-15)30-20-10-11-27-18(13-20)14-26/h1-5,7-8,10-13H,6,9H2,(H,28,29). The van der Waals surface area contributed by atoms with Gasteiger partial charge in [0.05, 0.1) is 5.56 Å². The van der Waals surface area contributed by atoms with Crippen LogP contribution in [0.4, 0.5) is 18.9 Å². The monoisotopic (exact) mass is 411 g/mol. The van der Waals surface area contributed by atoms with Gasteiger partial charge in [0.1, 0.15) is 23.3 Å². The van der Waals surface area contributed by atoms with Crippen LogP contribution < -0.4 is 10.1 Å². The van der Waals surface area contributed by atoms with Crippen LogP contribution in [0.15, 0.2) is 66.9 Å². The van der Waals surface area contributed by atoms with Gasteiger partial charge in [-0.3, -0.25) is 4.79 Å². The number of nitriles is 1. The predicted molar refractivity (Wildman–Crippen MR) is 104 cm³/mol. The molecule has 1 aromatic heterocycles. The minimum Gasteiger partial charge on any atom is -0.457 e. The van der Waals surface area contributed by atoms with Crippen molar-refractivity contribution in [3.63, 3.8) is 0 Å². The molecule has 30 heavy (non-hydrogen) atoms. The Morgan fingerprint density at radius 2 is 1.83 bits per heavy atom. The van der Waals surface area contributed by atoms with Crippen molar-refractivity contribution in [3.8, 4) is 17.6 Å². The molecule has 3 rings (SSSR count). The molecular formula is C22H16F3N3O2. The third-order valence-electron chi connectivity index (χ3n) is 4.12. The fourth-order valence-corrected chi connectivity index (χ4v) is 2.65. The van der Waals surface area contributed by atoms with Gasteiger partial charge < -0.3 is 10.1 Å². The van der Waals surface area contributed by atoms with Crippen LogP contribution in [0.5, 0.6) is 11.5 Å². The van der Waals surface area contributed by atoms with Crippen molar-refractivity contribution in [2.24, 2.45) is 0 Å². The molecule has 0 spiro atoms. The highest BCUT2D eigenvalue weighted by molar-refractivity contribution is 5.90. The summed E-state index contributed by atoms with van der Waals surface area (Å²) in [6.07, 6.45) is -2.45. The van der Waals surface area contributed by atoms with Crippen molar-refractivity contribution in [2.75, 3.05) is 5.32 Å². The lowest BCUT2D eigenvalue weighted by atomic mass is 10.1. The Morgan fingerprint density at radius 3 is 2.53 bits per heavy atom. The second kappa shape index (κ2) is 9.09. The lowest BCUT2D eigenvalue weighted by molar-refractivity contribution is -0.137. The fourth-order valence-electron chi connectivity index (χ4n) is 2.65. The van der Waals surface area contributed by atoms with E-state index < -0.39 is 11.7 Å².